The fraction of sp³-hybridized carbons (Fsp3) is 0.533. The highest BCUT2D eigenvalue weighted by molar-refractivity contribution is 5.94. The standard InChI is InChI=1S/C15H21FN2O2/c1-4-18-10(2)8-17(9-11(18)3)15(20)12-5-6-14(19)13(16)7-12/h5-7,10-11,19H,4,8-9H2,1-3H3/t10-,11+. The number of carbonyl (C=O) groups excluding carboxylic acids is 1. The van der Waals surface area contributed by atoms with Crippen molar-refractivity contribution in [1.29, 1.82) is 0 Å². The minimum absolute atomic E-state index is 0.182. The van der Waals surface area contributed by atoms with E-state index in [0.717, 1.165) is 12.6 Å². The van der Waals surface area contributed by atoms with Crippen LogP contribution in [0.25, 0.3) is 0 Å². The first-order valence-electron chi connectivity index (χ1n) is 6.97. The molecule has 2 atom stereocenters. The predicted octanol–water partition coefficient (Wildman–Crippen LogP) is 2.09. The van der Waals surface area contributed by atoms with Crippen molar-refractivity contribution in [2.75, 3.05) is 19.6 Å². The van der Waals surface area contributed by atoms with E-state index < -0.39 is 11.6 Å². The second kappa shape index (κ2) is 5.79. The van der Waals surface area contributed by atoms with Gasteiger partial charge in [0.05, 0.1) is 0 Å². The molecule has 0 aromatic heterocycles. The second-order valence-electron chi connectivity index (χ2n) is 5.40. The van der Waals surface area contributed by atoms with Crippen molar-refractivity contribution in [3.63, 3.8) is 0 Å². The molecule has 1 N–H and O–H groups in total. The minimum atomic E-state index is -0.760. The molecule has 1 fully saturated rings. The van der Waals surface area contributed by atoms with Gasteiger partial charge in [0.25, 0.3) is 5.91 Å². The SMILES string of the molecule is CCN1[C@H](C)CN(C(=O)c2ccc(O)c(F)c2)C[C@@H]1C. The predicted molar refractivity (Wildman–Crippen MR) is 75.3 cm³/mol. The number of phenolic OH excluding ortho intramolecular Hbond substituents is 1. The first-order valence-corrected chi connectivity index (χ1v) is 6.97. The molecular weight excluding hydrogens is 259 g/mol. The minimum Gasteiger partial charge on any atom is -0.505 e. The van der Waals surface area contributed by atoms with E-state index in [0.29, 0.717) is 13.1 Å². The van der Waals surface area contributed by atoms with Crippen LogP contribution in [-0.2, 0) is 0 Å². The van der Waals surface area contributed by atoms with Gasteiger partial charge in [0.1, 0.15) is 0 Å². The Morgan fingerprint density at radius 1 is 1.35 bits per heavy atom. The molecule has 1 aromatic rings. The first kappa shape index (κ1) is 14.8. The molecule has 4 nitrogen and oxygen atoms in total. The smallest absolute Gasteiger partial charge is 0.254 e. The Labute approximate surface area is 118 Å². The van der Waals surface area contributed by atoms with Gasteiger partial charge in [-0.1, -0.05) is 6.92 Å². The largest absolute Gasteiger partial charge is 0.505 e. The summed E-state index contributed by atoms with van der Waals surface area (Å²) < 4.78 is 13.3. The van der Waals surface area contributed by atoms with E-state index in [1.54, 1.807) is 4.90 Å². The molecule has 0 unspecified atom stereocenters. The zero-order chi connectivity index (χ0) is 14.9. The first-order chi connectivity index (χ1) is 9.43. The molecule has 1 aromatic carbocycles. The Morgan fingerprint density at radius 3 is 2.45 bits per heavy atom. The van der Waals surface area contributed by atoms with Gasteiger partial charge in [-0.05, 0) is 38.6 Å². The molecule has 0 spiro atoms. The van der Waals surface area contributed by atoms with E-state index in [1.807, 2.05) is 0 Å². The van der Waals surface area contributed by atoms with Crippen molar-refractivity contribution in [2.24, 2.45) is 0 Å². The van der Waals surface area contributed by atoms with Crippen LogP contribution in [0, 0.1) is 5.82 Å². The number of phenols is 1. The Hall–Kier alpha value is -1.62. The van der Waals surface area contributed by atoms with E-state index in [1.165, 1.54) is 12.1 Å². The van der Waals surface area contributed by atoms with Crippen LogP contribution in [0.5, 0.6) is 5.75 Å². The summed E-state index contributed by atoms with van der Waals surface area (Å²) >= 11 is 0. The van der Waals surface area contributed by atoms with Crippen LogP contribution in [0.4, 0.5) is 4.39 Å². The monoisotopic (exact) mass is 280 g/mol. The average Bonchev–Trinajstić information content (AvgIpc) is 2.40. The lowest BCUT2D eigenvalue weighted by Gasteiger charge is -2.44. The number of halogens is 1. The number of carbonyl (C=O) groups is 1. The maximum absolute atomic E-state index is 13.3. The molecule has 1 aliphatic rings. The summed E-state index contributed by atoms with van der Waals surface area (Å²) in [5, 5.41) is 9.18. The maximum atomic E-state index is 13.3. The van der Waals surface area contributed by atoms with Crippen LogP contribution < -0.4 is 0 Å². The summed E-state index contributed by atoms with van der Waals surface area (Å²) in [4.78, 5) is 16.5. The Bertz CT molecular complexity index is 495. The van der Waals surface area contributed by atoms with Gasteiger partial charge in [-0.2, -0.15) is 0 Å². The van der Waals surface area contributed by atoms with Crippen molar-refractivity contribution in [3.05, 3.63) is 29.6 Å². The average molecular weight is 280 g/mol. The summed E-state index contributed by atoms with van der Waals surface area (Å²) in [6, 6.07) is 4.35. The summed E-state index contributed by atoms with van der Waals surface area (Å²) in [7, 11) is 0. The number of nitrogens with zero attached hydrogens (tertiary/aromatic N) is 2. The molecule has 1 amide bonds. The van der Waals surface area contributed by atoms with E-state index >= 15 is 0 Å². The molecule has 5 heteroatoms. The third kappa shape index (κ3) is 2.77. The van der Waals surface area contributed by atoms with Crippen molar-refractivity contribution in [1.82, 2.24) is 9.80 Å². The molecule has 1 saturated heterocycles. The van der Waals surface area contributed by atoms with Crippen LogP contribution in [0.1, 0.15) is 31.1 Å². The Morgan fingerprint density at radius 2 is 1.95 bits per heavy atom. The van der Waals surface area contributed by atoms with Crippen molar-refractivity contribution in [2.45, 2.75) is 32.9 Å². The number of hydrogen-bond acceptors (Lipinski definition) is 3. The van der Waals surface area contributed by atoms with Gasteiger partial charge >= 0.3 is 0 Å². The van der Waals surface area contributed by atoms with Gasteiger partial charge in [0.15, 0.2) is 11.6 Å². The van der Waals surface area contributed by atoms with Crippen molar-refractivity contribution < 1.29 is 14.3 Å². The van der Waals surface area contributed by atoms with Crippen LogP contribution in [0.15, 0.2) is 18.2 Å². The van der Waals surface area contributed by atoms with Gasteiger partial charge in [0, 0.05) is 30.7 Å². The zero-order valence-electron chi connectivity index (χ0n) is 12.1. The molecule has 0 aliphatic carbocycles. The van der Waals surface area contributed by atoms with Gasteiger partial charge in [-0.3, -0.25) is 9.69 Å². The molecule has 2 rings (SSSR count). The summed E-state index contributed by atoms with van der Waals surface area (Å²) in [6.07, 6.45) is 0. The normalized spacial score (nSPS) is 23.9. The van der Waals surface area contributed by atoms with Crippen LogP contribution in [0.3, 0.4) is 0 Å². The third-order valence-electron chi connectivity index (χ3n) is 3.95. The lowest BCUT2D eigenvalue weighted by atomic mass is 10.1. The number of aromatic hydroxyl groups is 1. The Balaban J connectivity index is 2.15. The van der Waals surface area contributed by atoms with E-state index in [2.05, 4.69) is 25.7 Å². The van der Waals surface area contributed by atoms with E-state index in [9.17, 15) is 14.3 Å². The fourth-order valence-electron chi connectivity index (χ4n) is 2.97. The fourth-order valence-corrected chi connectivity index (χ4v) is 2.97. The quantitative estimate of drug-likeness (QED) is 0.902. The van der Waals surface area contributed by atoms with Gasteiger partial charge < -0.3 is 10.0 Å². The molecule has 0 saturated carbocycles. The highest BCUT2D eigenvalue weighted by Crippen LogP contribution is 2.20. The second-order valence-corrected chi connectivity index (χ2v) is 5.40. The number of rotatable bonds is 2. The van der Waals surface area contributed by atoms with Crippen molar-refractivity contribution >= 4 is 5.91 Å². The van der Waals surface area contributed by atoms with Crippen molar-refractivity contribution in [3.8, 4) is 5.75 Å². The summed E-state index contributed by atoms with van der Waals surface area (Å²) in [5.41, 5.74) is 0.282. The summed E-state index contributed by atoms with van der Waals surface area (Å²) in [6.45, 7) is 8.53. The summed E-state index contributed by atoms with van der Waals surface area (Å²) in [5.74, 6) is -1.37. The Kier molecular flexibility index (Phi) is 4.28. The topological polar surface area (TPSA) is 43.8 Å². The van der Waals surface area contributed by atoms with Gasteiger partial charge in [0.2, 0.25) is 0 Å². The highest BCUT2D eigenvalue weighted by Gasteiger charge is 2.31. The van der Waals surface area contributed by atoms with E-state index in [-0.39, 0.29) is 23.6 Å². The number of benzene rings is 1. The van der Waals surface area contributed by atoms with Crippen LogP contribution in [-0.4, -0.2) is 52.5 Å². The third-order valence-corrected chi connectivity index (χ3v) is 3.95. The van der Waals surface area contributed by atoms with Gasteiger partial charge in [-0.15, -0.1) is 0 Å². The van der Waals surface area contributed by atoms with Crippen LogP contribution in [0.2, 0.25) is 0 Å². The molecule has 1 heterocycles. The zero-order valence-corrected chi connectivity index (χ0v) is 12.1. The number of hydrogen-bond donors (Lipinski definition) is 1. The van der Waals surface area contributed by atoms with Gasteiger partial charge in [-0.25, -0.2) is 4.39 Å². The molecule has 0 bridgehead atoms. The molecule has 1 aliphatic heterocycles. The molecule has 0 radical (unpaired) electrons. The molecular formula is C15H21FN2O2. The molecule has 20 heavy (non-hydrogen) atoms. The number of piperazine rings is 1. The number of likely N-dealkylation sites (N-methyl/N-ethyl adjacent to an activating group) is 1. The van der Waals surface area contributed by atoms with E-state index in [4.69, 9.17) is 0 Å². The number of amides is 1. The van der Waals surface area contributed by atoms with Crippen LogP contribution >= 0.6 is 0 Å². The lowest BCUT2D eigenvalue weighted by molar-refractivity contribution is 0.0330. The molecule has 110 valence electrons. The maximum Gasteiger partial charge on any atom is 0.254 e. The highest BCUT2D eigenvalue weighted by atomic mass is 19.1. The lowest BCUT2D eigenvalue weighted by Crippen LogP contribution is -2.57.